The Morgan fingerprint density at radius 1 is 0.809 bits per heavy atom. The summed E-state index contributed by atoms with van der Waals surface area (Å²) in [5, 5.41) is 0.507. The maximum absolute atomic E-state index is 14.4. The molecule has 6 aromatic rings. The van der Waals surface area contributed by atoms with Crippen molar-refractivity contribution in [1.29, 1.82) is 0 Å². The minimum atomic E-state index is -0.588. The molecule has 5 aromatic carbocycles. The quantitative estimate of drug-likeness (QED) is 0.137. The van der Waals surface area contributed by atoms with Crippen LogP contribution in [-0.4, -0.2) is 20.7 Å². The molecule has 4 nitrogen and oxygen atoms in total. The number of anilines is 1. The van der Waals surface area contributed by atoms with Crippen molar-refractivity contribution in [2.45, 2.75) is 37.3 Å². The van der Waals surface area contributed by atoms with Crippen LogP contribution in [-0.2, 0) is 17.9 Å². The maximum Gasteiger partial charge on any atom is 0.240 e. The molecule has 1 atom stereocenters. The van der Waals surface area contributed by atoms with E-state index in [1.54, 1.807) is 29.2 Å². The first-order valence-corrected chi connectivity index (χ1v) is 16.5. The first-order chi connectivity index (χ1) is 22.8. The van der Waals surface area contributed by atoms with E-state index in [-0.39, 0.29) is 24.1 Å². The van der Waals surface area contributed by atoms with Gasteiger partial charge in [-0.15, -0.1) is 0 Å². The third-order valence-electron chi connectivity index (χ3n) is 7.82. The van der Waals surface area contributed by atoms with Crippen LogP contribution in [0.2, 0.25) is 5.02 Å². The molecule has 0 aliphatic heterocycles. The van der Waals surface area contributed by atoms with Crippen molar-refractivity contribution in [3.8, 4) is 22.5 Å². The first-order valence-electron chi connectivity index (χ1n) is 15.2. The second-order valence-electron chi connectivity index (χ2n) is 11.3. The second-order valence-corrected chi connectivity index (χ2v) is 13.0. The van der Waals surface area contributed by atoms with Gasteiger partial charge in [-0.05, 0) is 66.9 Å². The zero-order chi connectivity index (χ0) is 32.9. The number of nitrogens with zero attached hydrogens (tertiary/aromatic N) is 3. The van der Waals surface area contributed by atoms with Gasteiger partial charge in [0.05, 0.1) is 40.4 Å². The Kier molecular flexibility index (Phi) is 9.85. The highest BCUT2D eigenvalue weighted by Crippen LogP contribution is 2.39. The molecule has 0 radical (unpaired) electrons. The third kappa shape index (κ3) is 7.48. The number of halogens is 3. The van der Waals surface area contributed by atoms with Crippen LogP contribution < -0.4 is 4.90 Å². The number of aromatic nitrogens is 2. The molecule has 1 aromatic heterocycles. The number of carbonyl (C=O) groups excluding carboxylic acids is 1. The van der Waals surface area contributed by atoms with Gasteiger partial charge in [0.1, 0.15) is 11.6 Å². The van der Waals surface area contributed by atoms with Crippen molar-refractivity contribution >= 4 is 35.0 Å². The Morgan fingerprint density at radius 3 is 1.98 bits per heavy atom. The van der Waals surface area contributed by atoms with Gasteiger partial charge in [-0.3, -0.25) is 4.79 Å². The summed E-state index contributed by atoms with van der Waals surface area (Å²) in [4.78, 5) is 21.2. The van der Waals surface area contributed by atoms with Gasteiger partial charge >= 0.3 is 0 Å². The lowest BCUT2D eigenvalue weighted by Gasteiger charge is -2.27. The number of rotatable bonds is 10. The Balaban J connectivity index is 1.43. The number of imidazole rings is 1. The summed E-state index contributed by atoms with van der Waals surface area (Å²) < 4.78 is 29.7. The molecule has 47 heavy (non-hydrogen) atoms. The topological polar surface area (TPSA) is 38.1 Å². The van der Waals surface area contributed by atoms with E-state index in [9.17, 15) is 13.6 Å². The standard InChI is InChI=1S/C39H32ClF2N3OS/c1-26-13-22-35(34(40)23-26)44(24-28-14-18-32(41)19-15-28)38(46)27(2)47-39-43-36(30-9-5-3-6-10-30)37(31-11-7-4-8-12-31)45(39)25-29-16-20-33(42)21-17-29/h3-23,27H,24-25H2,1-2H3. The van der Waals surface area contributed by atoms with Crippen LogP contribution in [0.3, 0.4) is 0 Å². The van der Waals surface area contributed by atoms with Crippen molar-refractivity contribution < 1.29 is 13.6 Å². The molecule has 0 N–H and O–H groups in total. The molecule has 1 heterocycles. The summed E-state index contributed by atoms with van der Waals surface area (Å²) in [6.45, 7) is 4.42. The monoisotopic (exact) mass is 663 g/mol. The number of hydrogen-bond donors (Lipinski definition) is 0. The summed E-state index contributed by atoms with van der Waals surface area (Å²) in [7, 11) is 0. The average Bonchev–Trinajstić information content (AvgIpc) is 3.43. The minimum absolute atomic E-state index is 0.177. The van der Waals surface area contributed by atoms with Crippen LogP contribution in [0.25, 0.3) is 22.5 Å². The lowest BCUT2D eigenvalue weighted by Crippen LogP contribution is -2.36. The molecule has 0 spiro atoms. The van der Waals surface area contributed by atoms with E-state index in [4.69, 9.17) is 16.6 Å². The van der Waals surface area contributed by atoms with Gasteiger partial charge in [0.25, 0.3) is 0 Å². The molecule has 0 aliphatic rings. The Morgan fingerprint density at radius 2 is 1.38 bits per heavy atom. The van der Waals surface area contributed by atoms with Gasteiger partial charge in [0.2, 0.25) is 5.91 Å². The van der Waals surface area contributed by atoms with E-state index in [2.05, 4.69) is 4.57 Å². The molecule has 1 amide bonds. The van der Waals surface area contributed by atoms with Gasteiger partial charge in [-0.1, -0.05) is 114 Å². The van der Waals surface area contributed by atoms with E-state index in [0.29, 0.717) is 22.4 Å². The molecular formula is C39H32ClF2N3OS. The number of thioether (sulfide) groups is 1. The minimum Gasteiger partial charge on any atom is -0.314 e. The number of aryl methyl sites for hydroxylation is 1. The lowest BCUT2D eigenvalue weighted by atomic mass is 10.0. The molecule has 0 aliphatic carbocycles. The SMILES string of the molecule is Cc1ccc(N(Cc2ccc(F)cc2)C(=O)C(C)Sc2nc(-c3ccccc3)c(-c3ccccc3)n2Cc2ccc(F)cc2)c(Cl)c1. The second kappa shape index (κ2) is 14.4. The first kappa shape index (κ1) is 32.2. The van der Waals surface area contributed by atoms with E-state index < -0.39 is 5.25 Å². The Bertz CT molecular complexity index is 1980. The summed E-state index contributed by atoms with van der Waals surface area (Å²) in [6.07, 6.45) is 0. The van der Waals surface area contributed by atoms with Crippen LogP contribution >= 0.6 is 23.4 Å². The Labute approximate surface area is 282 Å². The van der Waals surface area contributed by atoms with E-state index >= 15 is 0 Å². The van der Waals surface area contributed by atoms with Crippen LogP contribution in [0.1, 0.15) is 23.6 Å². The fourth-order valence-corrected chi connectivity index (χ4v) is 6.75. The van der Waals surface area contributed by atoms with Crippen molar-refractivity contribution in [3.05, 3.63) is 161 Å². The summed E-state index contributed by atoms with van der Waals surface area (Å²) in [6, 6.07) is 38.1. The number of amides is 1. The maximum atomic E-state index is 14.4. The van der Waals surface area contributed by atoms with Gasteiger partial charge < -0.3 is 9.47 Å². The summed E-state index contributed by atoms with van der Waals surface area (Å²) in [5.41, 5.74) is 6.79. The van der Waals surface area contributed by atoms with Crippen molar-refractivity contribution in [2.75, 3.05) is 4.90 Å². The smallest absolute Gasteiger partial charge is 0.240 e. The molecule has 1 unspecified atom stereocenters. The number of benzene rings is 5. The van der Waals surface area contributed by atoms with Crippen molar-refractivity contribution in [3.63, 3.8) is 0 Å². The molecule has 8 heteroatoms. The highest BCUT2D eigenvalue weighted by atomic mass is 35.5. The molecule has 0 saturated heterocycles. The van der Waals surface area contributed by atoms with E-state index in [1.807, 2.05) is 92.7 Å². The zero-order valence-electron chi connectivity index (χ0n) is 25.9. The van der Waals surface area contributed by atoms with Gasteiger partial charge in [0.15, 0.2) is 5.16 Å². The number of carbonyl (C=O) groups is 1. The predicted molar refractivity (Wildman–Crippen MR) is 188 cm³/mol. The Hall–Kier alpha value is -4.72. The largest absolute Gasteiger partial charge is 0.314 e. The molecule has 6 rings (SSSR count). The predicted octanol–water partition coefficient (Wildman–Crippen LogP) is 10.2. The molecule has 236 valence electrons. The average molecular weight is 664 g/mol. The van der Waals surface area contributed by atoms with Crippen molar-refractivity contribution in [1.82, 2.24) is 9.55 Å². The van der Waals surface area contributed by atoms with E-state index in [1.165, 1.54) is 36.0 Å². The highest BCUT2D eigenvalue weighted by molar-refractivity contribution is 8.00. The number of hydrogen-bond acceptors (Lipinski definition) is 3. The van der Waals surface area contributed by atoms with Crippen LogP contribution in [0.5, 0.6) is 0 Å². The highest BCUT2D eigenvalue weighted by Gasteiger charge is 2.29. The van der Waals surface area contributed by atoms with Gasteiger partial charge in [0, 0.05) is 11.1 Å². The summed E-state index contributed by atoms with van der Waals surface area (Å²) in [5.74, 6) is -0.832. The normalized spacial score (nSPS) is 11.8. The van der Waals surface area contributed by atoms with E-state index in [0.717, 1.165) is 39.2 Å². The van der Waals surface area contributed by atoms with Crippen LogP contribution in [0.4, 0.5) is 14.5 Å². The van der Waals surface area contributed by atoms with Crippen molar-refractivity contribution in [2.24, 2.45) is 0 Å². The van der Waals surface area contributed by atoms with Gasteiger partial charge in [-0.2, -0.15) is 0 Å². The van der Waals surface area contributed by atoms with Crippen LogP contribution in [0, 0.1) is 18.6 Å². The third-order valence-corrected chi connectivity index (χ3v) is 9.21. The fourth-order valence-electron chi connectivity index (χ4n) is 5.44. The van der Waals surface area contributed by atoms with Crippen LogP contribution in [0.15, 0.2) is 133 Å². The summed E-state index contributed by atoms with van der Waals surface area (Å²) >= 11 is 8.06. The molecule has 0 saturated carbocycles. The lowest BCUT2D eigenvalue weighted by molar-refractivity contribution is -0.118. The molecule has 0 bridgehead atoms. The molecule has 0 fully saturated rings. The molecular weight excluding hydrogens is 632 g/mol. The zero-order valence-corrected chi connectivity index (χ0v) is 27.5. The fraction of sp³-hybridized carbons (Fsp3) is 0.128. The van der Waals surface area contributed by atoms with Gasteiger partial charge in [-0.25, -0.2) is 13.8 Å².